The first-order valence-electron chi connectivity index (χ1n) is 9.31. The first-order valence-corrected chi connectivity index (χ1v) is 9.31. The first kappa shape index (κ1) is 16.5. The van der Waals surface area contributed by atoms with Gasteiger partial charge in [0.05, 0.1) is 5.56 Å². The standard InChI is InChI=1S/C20H28N4O/c1-21(2)18-10-11-23(14-18)20(25)16-6-7-17-8-9-19(24(17)13-16)22(3)12-15-4-5-15/h6-9,13,15,18H,4-5,10-12,14H2,1-3H3. The van der Waals surface area contributed by atoms with E-state index in [0.29, 0.717) is 6.04 Å². The number of likely N-dealkylation sites (tertiary alicyclic amines) is 1. The molecule has 0 spiro atoms. The lowest BCUT2D eigenvalue weighted by molar-refractivity contribution is 0.0782. The van der Waals surface area contributed by atoms with Crippen molar-refractivity contribution in [1.82, 2.24) is 14.2 Å². The van der Waals surface area contributed by atoms with Crippen LogP contribution in [-0.2, 0) is 0 Å². The summed E-state index contributed by atoms with van der Waals surface area (Å²) >= 11 is 0. The topological polar surface area (TPSA) is 31.2 Å². The molecule has 1 amide bonds. The number of hydrogen-bond donors (Lipinski definition) is 0. The van der Waals surface area contributed by atoms with E-state index in [4.69, 9.17) is 0 Å². The van der Waals surface area contributed by atoms with Gasteiger partial charge in [-0.25, -0.2) is 0 Å². The van der Waals surface area contributed by atoms with Gasteiger partial charge in [-0.1, -0.05) is 0 Å². The highest BCUT2D eigenvalue weighted by Crippen LogP contribution is 2.31. The van der Waals surface area contributed by atoms with Crippen LogP contribution in [0, 0.1) is 5.92 Å². The summed E-state index contributed by atoms with van der Waals surface area (Å²) in [5.41, 5.74) is 1.92. The van der Waals surface area contributed by atoms with E-state index in [2.05, 4.69) is 53.5 Å². The van der Waals surface area contributed by atoms with Crippen LogP contribution in [-0.4, -0.2) is 66.9 Å². The molecule has 2 aromatic rings. The molecule has 5 heteroatoms. The number of fused-ring (bicyclic) bond motifs is 1. The van der Waals surface area contributed by atoms with Gasteiger partial charge in [0.25, 0.3) is 5.91 Å². The number of amides is 1. The number of pyridine rings is 1. The highest BCUT2D eigenvalue weighted by atomic mass is 16.2. The van der Waals surface area contributed by atoms with Crippen LogP contribution < -0.4 is 4.90 Å². The summed E-state index contributed by atoms with van der Waals surface area (Å²) in [5, 5.41) is 0. The molecule has 134 valence electrons. The van der Waals surface area contributed by atoms with Gasteiger partial charge in [-0.2, -0.15) is 0 Å². The van der Waals surface area contributed by atoms with Crippen molar-refractivity contribution in [3.63, 3.8) is 0 Å². The molecule has 4 rings (SSSR count). The van der Waals surface area contributed by atoms with Crippen LogP contribution in [0.15, 0.2) is 30.5 Å². The minimum Gasteiger partial charge on any atom is -0.361 e. The number of carbonyl (C=O) groups excluding carboxylic acids is 1. The van der Waals surface area contributed by atoms with Crippen molar-refractivity contribution >= 4 is 17.2 Å². The van der Waals surface area contributed by atoms with E-state index in [1.165, 1.54) is 18.7 Å². The van der Waals surface area contributed by atoms with Gasteiger partial charge >= 0.3 is 0 Å². The summed E-state index contributed by atoms with van der Waals surface area (Å²) in [6, 6.07) is 8.78. The van der Waals surface area contributed by atoms with Gasteiger partial charge in [0, 0.05) is 44.4 Å². The molecule has 2 aromatic heterocycles. The zero-order valence-corrected chi connectivity index (χ0v) is 15.5. The number of aromatic nitrogens is 1. The van der Waals surface area contributed by atoms with Crippen LogP contribution in [0.25, 0.3) is 5.52 Å². The van der Waals surface area contributed by atoms with Crippen molar-refractivity contribution in [2.75, 3.05) is 45.7 Å². The lowest BCUT2D eigenvalue weighted by atomic mass is 10.2. The summed E-state index contributed by atoms with van der Waals surface area (Å²) in [5.74, 6) is 2.16. The summed E-state index contributed by atoms with van der Waals surface area (Å²) < 4.78 is 2.16. The number of nitrogens with zero attached hydrogens (tertiary/aromatic N) is 4. The van der Waals surface area contributed by atoms with Crippen LogP contribution in [0.4, 0.5) is 5.82 Å². The Kier molecular flexibility index (Phi) is 4.20. The number of anilines is 1. The second-order valence-corrected chi connectivity index (χ2v) is 7.89. The Labute approximate surface area is 149 Å². The molecule has 0 N–H and O–H groups in total. The lowest BCUT2D eigenvalue weighted by Gasteiger charge is -2.21. The van der Waals surface area contributed by atoms with Gasteiger partial charge in [0.1, 0.15) is 5.82 Å². The fourth-order valence-corrected chi connectivity index (χ4v) is 3.84. The van der Waals surface area contributed by atoms with E-state index < -0.39 is 0 Å². The minimum atomic E-state index is 0.149. The summed E-state index contributed by atoms with van der Waals surface area (Å²) in [6.07, 6.45) is 5.76. The van der Waals surface area contributed by atoms with Crippen molar-refractivity contribution in [3.05, 3.63) is 36.0 Å². The van der Waals surface area contributed by atoms with Crippen LogP contribution >= 0.6 is 0 Å². The Balaban J connectivity index is 1.56. The van der Waals surface area contributed by atoms with Crippen molar-refractivity contribution in [2.45, 2.75) is 25.3 Å². The second-order valence-electron chi connectivity index (χ2n) is 7.89. The van der Waals surface area contributed by atoms with Gasteiger partial charge in [-0.05, 0) is 63.5 Å². The van der Waals surface area contributed by atoms with E-state index >= 15 is 0 Å². The lowest BCUT2D eigenvalue weighted by Crippen LogP contribution is -2.34. The van der Waals surface area contributed by atoms with Crippen molar-refractivity contribution in [3.8, 4) is 0 Å². The van der Waals surface area contributed by atoms with Crippen molar-refractivity contribution in [1.29, 1.82) is 0 Å². The van der Waals surface area contributed by atoms with Gasteiger partial charge in [-0.3, -0.25) is 4.79 Å². The summed E-state index contributed by atoms with van der Waals surface area (Å²) in [4.78, 5) is 19.5. The van der Waals surface area contributed by atoms with E-state index in [1.54, 1.807) is 0 Å². The fraction of sp³-hybridized carbons (Fsp3) is 0.550. The second kappa shape index (κ2) is 6.37. The molecule has 2 aliphatic rings. The summed E-state index contributed by atoms with van der Waals surface area (Å²) in [7, 11) is 6.33. The third-order valence-electron chi connectivity index (χ3n) is 5.68. The zero-order valence-electron chi connectivity index (χ0n) is 15.5. The number of hydrogen-bond acceptors (Lipinski definition) is 3. The Morgan fingerprint density at radius 2 is 1.88 bits per heavy atom. The zero-order chi connectivity index (χ0) is 17.6. The number of carbonyl (C=O) groups is 1. The Hall–Kier alpha value is -2.01. The summed E-state index contributed by atoms with van der Waals surface area (Å²) in [6.45, 7) is 2.77. The van der Waals surface area contributed by atoms with Gasteiger partial charge < -0.3 is 19.1 Å². The molecule has 1 atom stereocenters. The van der Waals surface area contributed by atoms with Gasteiger partial charge in [-0.15, -0.1) is 0 Å². The average molecular weight is 340 g/mol. The molecule has 25 heavy (non-hydrogen) atoms. The van der Waals surface area contributed by atoms with Crippen molar-refractivity contribution < 1.29 is 4.79 Å². The van der Waals surface area contributed by atoms with Gasteiger partial charge in [0.2, 0.25) is 0 Å². The molecule has 3 heterocycles. The molecule has 1 saturated carbocycles. The van der Waals surface area contributed by atoms with Crippen LogP contribution in [0.3, 0.4) is 0 Å². The molecular formula is C20H28N4O. The Morgan fingerprint density at radius 3 is 2.56 bits per heavy atom. The van der Waals surface area contributed by atoms with E-state index in [1.807, 2.05) is 17.2 Å². The maximum absolute atomic E-state index is 12.9. The largest absolute Gasteiger partial charge is 0.361 e. The molecule has 5 nitrogen and oxygen atoms in total. The monoisotopic (exact) mass is 340 g/mol. The van der Waals surface area contributed by atoms with E-state index in [-0.39, 0.29) is 5.91 Å². The van der Waals surface area contributed by atoms with E-state index in [9.17, 15) is 4.79 Å². The first-order chi connectivity index (χ1) is 12.0. The van der Waals surface area contributed by atoms with Gasteiger partial charge in [0.15, 0.2) is 0 Å². The molecule has 0 radical (unpaired) electrons. The molecule has 1 aliphatic heterocycles. The molecule has 0 aromatic carbocycles. The molecule has 1 unspecified atom stereocenters. The predicted molar refractivity (Wildman–Crippen MR) is 101 cm³/mol. The highest BCUT2D eigenvalue weighted by Gasteiger charge is 2.28. The molecule has 0 bridgehead atoms. The van der Waals surface area contributed by atoms with Crippen LogP contribution in [0.5, 0.6) is 0 Å². The third kappa shape index (κ3) is 3.25. The quantitative estimate of drug-likeness (QED) is 0.838. The molecule has 1 saturated heterocycles. The fourth-order valence-electron chi connectivity index (χ4n) is 3.84. The number of rotatable bonds is 5. The van der Waals surface area contributed by atoms with Crippen LogP contribution in [0.1, 0.15) is 29.6 Å². The highest BCUT2D eigenvalue weighted by molar-refractivity contribution is 5.94. The van der Waals surface area contributed by atoms with Crippen LogP contribution in [0.2, 0.25) is 0 Å². The smallest absolute Gasteiger partial charge is 0.255 e. The maximum Gasteiger partial charge on any atom is 0.255 e. The maximum atomic E-state index is 12.9. The molecular weight excluding hydrogens is 312 g/mol. The van der Waals surface area contributed by atoms with E-state index in [0.717, 1.165) is 43.1 Å². The number of likely N-dealkylation sites (N-methyl/N-ethyl adjacent to an activating group) is 1. The SMILES string of the molecule is CN(CC1CC1)c1ccc2ccc(C(=O)N3CCC(N(C)C)C3)cn12. The Morgan fingerprint density at radius 1 is 1.12 bits per heavy atom. The average Bonchev–Trinajstić information content (AvgIpc) is 3.13. The predicted octanol–water partition coefficient (Wildman–Crippen LogP) is 2.56. The van der Waals surface area contributed by atoms with Crippen molar-refractivity contribution in [2.24, 2.45) is 5.92 Å². The Bertz CT molecular complexity index is 777. The molecule has 2 fully saturated rings. The molecule has 1 aliphatic carbocycles. The normalized spacial score (nSPS) is 20.6. The minimum absolute atomic E-state index is 0.149. The third-order valence-corrected chi connectivity index (χ3v) is 5.68.